The van der Waals surface area contributed by atoms with E-state index in [1.165, 1.54) is 67.1 Å². The lowest BCUT2D eigenvalue weighted by atomic mass is 9.69. The van der Waals surface area contributed by atoms with Gasteiger partial charge in [-0.3, -0.25) is 0 Å². The Labute approximate surface area is 229 Å². The number of benzene rings is 6. The van der Waals surface area contributed by atoms with Crippen LogP contribution in [0.15, 0.2) is 146 Å². The van der Waals surface area contributed by atoms with E-state index in [2.05, 4.69) is 157 Å². The zero-order valence-corrected chi connectivity index (χ0v) is 21.8. The van der Waals surface area contributed by atoms with E-state index in [1.807, 2.05) is 0 Å². The maximum absolute atomic E-state index is 2.50. The smallest absolute Gasteiger partial charge is 0.0584 e. The Bertz CT molecular complexity index is 1850. The molecule has 0 aromatic heterocycles. The van der Waals surface area contributed by atoms with E-state index >= 15 is 0 Å². The molecule has 1 aliphatic carbocycles. The van der Waals surface area contributed by atoms with E-state index in [-0.39, 0.29) is 5.41 Å². The summed E-state index contributed by atoms with van der Waals surface area (Å²) in [7, 11) is 0. The van der Waals surface area contributed by atoms with Gasteiger partial charge in [-0.15, -0.1) is 0 Å². The van der Waals surface area contributed by atoms with Crippen LogP contribution in [0.3, 0.4) is 0 Å². The fourth-order valence-electron chi connectivity index (χ4n) is 6.91. The van der Waals surface area contributed by atoms with E-state index in [9.17, 15) is 0 Å². The van der Waals surface area contributed by atoms with Crippen molar-refractivity contribution in [3.05, 3.63) is 162 Å². The molecule has 2 aliphatic rings. The van der Waals surface area contributed by atoms with Gasteiger partial charge in [-0.05, 0) is 69.6 Å². The van der Waals surface area contributed by atoms with Gasteiger partial charge in [0.25, 0.3) is 0 Å². The van der Waals surface area contributed by atoms with Gasteiger partial charge < -0.3 is 4.90 Å². The summed E-state index contributed by atoms with van der Waals surface area (Å²) in [5, 5.41) is 0. The average Bonchev–Trinajstić information content (AvgIpc) is 3.28. The molecule has 184 valence electrons. The fourth-order valence-corrected chi connectivity index (χ4v) is 6.91. The maximum atomic E-state index is 2.50. The molecule has 0 saturated carbocycles. The van der Waals surface area contributed by atoms with Crippen LogP contribution in [-0.2, 0) is 5.41 Å². The summed E-state index contributed by atoms with van der Waals surface area (Å²) >= 11 is 0. The normalized spacial score (nSPS) is 16.4. The quantitative estimate of drug-likeness (QED) is 0.235. The van der Waals surface area contributed by atoms with Gasteiger partial charge in [0.15, 0.2) is 0 Å². The van der Waals surface area contributed by atoms with Crippen LogP contribution in [0.1, 0.15) is 23.6 Å². The van der Waals surface area contributed by atoms with Crippen LogP contribution < -0.4 is 4.90 Å². The minimum absolute atomic E-state index is 0.233. The second kappa shape index (κ2) is 8.31. The summed E-state index contributed by atoms with van der Waals surface area (Å²) in [6.07, 6.45) is 0. The van der Waals surface area contributed by atoms with Crippen molar-refractivity contribution in [2.75, 3.05) is 4.90 Å². The summed E-state index contributed by atoms with van der Waals surface area (Å²) in [5.74, 6) is 0. The number of rotatable bonds is 3. The lowest BCUT2D eigenvalue weighted by Gasteiger charge is -2.43. The molecule has 0 radical (unpaired) electrons. The molecule has 0 amide bonds. The Morgan fingerprint density at radius 3 is 1.77 bits per heavy atom. The Kier molecular flexibility index (Phi) is 4.72. The minimum atomic E-state index is -0.233. The van der Waals surface area contributed by atoms with Crippen molar-refractivity contribution in [1.29, 1.82) is 0 Å². The Hall–Kier alpha value is -4.88. The SMILES string of the molecule is CC12c3ccccc3-c3cccc(c31)N(c1ccc(-c3ccccc3)cc1)c1c(-c3ccccc3)cccc12. The first-order chi connectivity index (χ1) is 19.2. The molecule has 0 N–H and O–H groups in total. The predicted molar refractivity (Wildman–Crippen MR) is 163 cm³/mol. The molecule has 1 aliphatic heterocycles. The lowest BCUT2D eigenvalue weighted by Crippen LogP contribution is -2.32. The molecule has 39 heavy (non-hydrogen) atoms. The van der Waals surface area contributed by atoms with Crippen molar-refractivity contribution >= 4 is 17.1 Å². The summed E-state index contributed by atoms with van der Waals surface area (Å²) in [6, 6.07) is 53.1. The Morgan fingerprint density at radius 1 is 0.436 bits per heavy atom. The van der Waals surface area contributed by atoms with Gasteiger partial charge in [0, 0.05) is 16.7 Å². The van der Waals surface area contributed by atoms with Crippen molar-refractivity contribution in [2.45, 2.75) is 12.3 Å². The first-order valence-electron chi connectivity index (χ1n) is 13.6. The fraction of sp³-hybridized carbons (Fsp3) is 0.0526. The van der Waals surface area contributed by atoms with E-state index in [0.29, 0.717) is 0 Å². The zero-order valence-electron chi connectivity index (χ0n) is 21.8. The van der Waals surface area contributed by atoms with Crippen molar-refractivity contribution in [1.82, 2.24) is 0 Å². The number of nitrogens with zero attached hydrogens (tertiary/aromatic N) is 1. The molecule has 1 nitrogen and oxygen atoms in total. The number of fused-ring (bicyclic) bond motifs is 5. The number of para-hydroxylation sites is 1. The van der Waals surface area contributed by atoms with Gasteiger partial charge in [0.1, 0.15) is 0 Å². The first kappa shape index (κ1) is 22.1. The molecule has 1 heterocycles. The van der Waals surface area contributed by atoms with Crippen LogP contribution >= 0.6 is 0 Å². The summed E-state index contributed by atoms with van der Waals surface area (Å²) < 4.78 is 0. The number of anilines is 3. The standard InChI is InChI=1S/C38H27N/c1-38-33-19-9-8-16-31(33)32-18-11-21-35(36(32)38)39(29-24-22-27(23-25-29)26-12-4-2-5-13-26)37-30(17-10-20-34(37)38)28-14-6-3-7-15-28/h2-25H,1H3. The van der Waals surface area contributed by atoms with Crippen LogP contribution in [0.4, 0.5) is 17.1 Å². The van der Waals surface area contributed by atoms with E-state index in [0.717, 1.165) is 0 Å². The molecule has 1 unspecified atom stereocenters. The van der Waals surface area contributed by atoms with Crippen LogP contribution in [0, 0.1) is 0 Å². The Morgan fingerprint density at radius 2 is 1.00 bits per heavy atom. The van der Waals surface area contributed by atoms with E-state index in [4.69, 9.17) is 0 Å². The molecule has 1 atom stereocenters. The molecule has 6 aromatic rings. The Balaban J connectivity index is 1.43. The minimum Gasteiger partial charge on any atom is -0.309 e. The van der Waals surface area contributed by atoms with Gasteiger partial charge in [-0.1, -0.05) is 127 Å². The van der Waals surface area contributed by atoms with Crippen LogP contribution in [0.25, 0.3) is 33.4 Å². The summed E-state index contributed by atoms with van der Waals surface area (Å²) in [6.45, 7) is 2.42. The highest BCUT2D eigenvalue weighted by Gasteiger charge is 2.48. The monoisotopic (exact) mass is 497 g/mol. The topological polar surface area (TPSA) is 3.24 Å². The van der Waals surface area contributed by atoms with Gasteiger partial charge in [0.2, 0.25) is 0 Å². The molecule has 6 aromatic carbocycles. The number of hydrogen-bond donors (Lipinski definition) is 0. The molecule has 0 spiro atoms. The zero-order chi connectivity index (χ0) is 26.0. The largest absolute Gasteiger partial charge is 0.309 e. The van der Waals surface area contributed by atoms with Crippen molar-refractivity contribution in [3.63, 3.8) is 0 Å². The lowest BCUT2D eigenvalue weighted by molar-refractivity contribution is 0.702. The average molecular weight is 498 g/mol. The summed E-state index contributed by atoms with van der Waals surface area (Å²) in [5.41, 5.74) is 15.2. The molecule has 1 heteroatoms. The molecule has 0 bridgehead atoms. The maximum Gasteiger partial charge on any atom is 0.0584 e. The third-order valence-corrected chi connectivity index (χ3v) is 8.66. The highest BCUT2D eigenvalue weighted by Crippen LogP contribution is 2.63. The van der Waals surface area contributed by atoms with Crippen LogP contribution in [-0.4, -0.2) is 0 Å². The van der Waals surface area contributed by atoms with Gasteiger partial charge in [-0.2, -0.15) is 0 Å². The third kappa shape index (κ3) is 3.08. The third-order valence-electron chi connectivity index (χ3n) is 8.66. The van der Waals surface area contributed by atoms with E-state index in [1.54, 1.807) is 0 Å². The second-order valence-corrected chi connectivity index (χ2v) is 10.7. The van der Waals surface area contributed by atoms with Crippen molar-refractivity contribution in [3.8, 4) is 33.4 Å². The van der Waals surface area contributed by atoms with Crippen LogP contribution in [0.2, 0.25) is 0 Å². The second-order valence-electron chi connectivity index (χ2n) is 10.7. The number of hydrogen-bond acceptors (Lipinski definition) is 1. The molecule has 0 saturated heterocycles. The molecule has 0 fully saturated rings. The first-order valence-corrected chi connectivity index (χ1v) is 13.6. The van der Waals surface area contributed by atoms with Gasteiger partial charge in [0.05, 0.1) is 11.4 Å². The van der Waals surface area contributed by atoms with Gasteiger partial charge >= 0.3 is 0 Å². The highest BCUT2D eigenvalue weighted by molar-refractivity contribution is 6.01. The van der Waals surface area contributed by atoms with E-state index < -0.39 is 0 Å². The van der Waals surface area contributed by atoms with Crippen molar-refractivity contribution in [2.24, 2.45) is 0 Å². The summed E-state index contributed by atoms with van der Waals surface area (Å²) in [4.78, 5) is 2.50. The molecular formula is C38H27N. The predicted octanol–water partition coefficient (Wildman–Crippen LogP) is 10.1. The van der Waals surface area contributed by atoms with Crippen LogP contribution in [0.5, 0.6) is 0 Å². The molecule has 8 rings (SSSR count). The van der Waals surface area contributed by atoms with Crippen molar-refractivity contribution < 1.29 is 0 Å². The van der Waals surface area contributed by atoms with Gasteiger partial charge in [-0.25, -0.2) is 0 Å². The molecular weight excluding hydrogens is 470 g/mol. The highest BCUT2D eigenvalue weighted by atomic mass is 15.2.